The van der Waals surface area contributed by atoms with Crippen LogP contribution >= 0.6 is 0 Å². The lowest BCUT2D eigenvalue weighted by Gasteiger charge is -2.20. The van der Waals surface area contributed by atoms with Gasteiger partial charge in [-0.2, -0.15) is 0 Å². The van der Waals surface area contributed by atoms with Crippen molar-refractivity contribution < 1.29 is 9.59 Å². The van der Waals surface area contributed by atoms with Crippen molar-refractivity contribution in [3.05, 3.63) is 59.2 Å². The fourth-order valence-corrected chi connectivity index (χ4v) is 3.26. The standard InChI is InChI=1S/C22H26N2O2/c1-15-14-18(11-12-19(15)24-13-5-6-20(24)25)23-21(26)16-7-9-17(10-8-16)22(2,3)4/h7-12,14H,5-6,13H2,1-4H3,(H,23,26). The summed E-state index contributed by atoms with van der Waals surface area (Å²) in [6, 6.07) is 13.4. The lowest BCUT2D eigenvalue weighted by molar-refractivity contribution is -0.117. The second-order valence-corrected chi connectivity index (χ2v) is 7.93. The number of carbonyl (C=O) groups is 2. The molecule has 0 unspecified atom stereocenters. The molecule has 4 nitrogen and oxygen atoms in total. The normalized spacial score (nSPS) is 14.6. The first-order valence-electron chi connectivity index (χ1n) is 9.08. The lowest BCUT2D eigenvalue weighted by Crippen LogP contribution is -2.24. The van der Waals surface area contributed by atoms with E-state index in [9.17, 15) is 9.59 Å². The highest BCUT2D eigenvalue weighted by Crippen LogP contribution is 2.28. The molecule has 0 radical (unpaired) electrons. The Morgan fingerprint density at radius 2 is 1.77 bits per heavy atom. The van der Waals surface area contributed by atoms with Gasteiger partial charge in [-0.3, -0.25) is 9.59 Å². The highest BCUT2D eigenvalue weighted by Gasteiger charge is 2.23. The summed E-state index contributed by atoms with van der Waals surface area (Å²) in [6.07, 6.45) is 1.52. The Morgan fingerprint density at radius 3 is 2.31 bits per heavy atom. The van der Waals surface area contributed by atoms with Crippen LogP contribution in [0.3, 0.4) is 0 Å². The Hall–Kier alpha value is -2.62. The molecule has 1 N–H and O–H groups in total. The average molecular weight is 350 g/mol. The van der Waals surface area contributed by atoms with Crippen LogP contribution in [0, 0.1) is 6.92 Å². The fraction of sp³-hybridized carbons (Fsp3) is 0.364. The predicted octanol–water partition coefficient (Wildman–Crippen LogP) is 4.67. The molecule has 1 aliphatic rings. The molecule has 0 atom stereocenters. The van der Waals surface area contributed by atoms with Gasteiger partial charge in [0.1, 0.15) is 0 Å². The highest BCUT2D eigenvalue weighted by molar-refractivity contribution is 6.04. The van der Waals surface area contributed by atoms with E-state index >= 15 is 0 Å². The van der Waals surface area contributed by atoms with Crippen LogP contribution < -0.4 is 10.2 Å². The van der Waals surface area contributed by atoms with Crippen LogP contribution in [-0.4, -0.2) is 18.4 Å². The maximum atomic E-state index is 12.5. The van der Waals surface area contributed by atoms with Gasteiger partial charge in [0.25, 0.3) is 5.91 Å². The first-order chi connectivity index (χ1) is 12.3. The van der Waals surface area contributed by atoms with Crippen molar-refractivity contribution >= 4 is 23.2 Å². The van der Waals surface area contributed by atoms with Crippen molar-refractivity contribution in [2.45, 2.75) is 46.0 Å². The molecule has 0 spiro atoms. The Morgan fingerprint density at radius 1 is 1.08 bits per heavy atom. The van der Waals surface area contributed by atoms with E-state index in [0.717, 1.165) is 29.9 Å². The number of carbonyl (C=O) groups excluding carboxylic acids is 2. The van der Waals surface area contributed by atoms with Gasteiger partial charge in [0.2, 0.25) is 5.91 Å². The van der Waals surface area contributed by atoms with Gasteiger partial charge < -0.3 is 10.2 Å². The molecule has 0 aliphatic carbocycles. The largest absolute Gasteiger partial charge is 0.322 e. The summed E-state index contributed by atoms with van der Waals surface area (Å²) < 4.78 is 0. The molecular formula is C22H26N2O2. The SMILES string of the molecule is Cc1cc(NC(=O)c2ccc(C(C)(C)C)cc2)ccc1N1CCCC1=O. The van der Waals surface area contributed by atoms with Crippen molar-refractivity contribution in [1.29, 1.82) is 0 Å². The van der Waals surface area contributed by atoms with E-state index in [2.05, 4.69) is 26.1 Å². The molecule has 0 bridgehead atoms. The first-order valence-corrected chi connectivity index (χ1v) is 9.08. The van der Waals surface area contributed by atoms with Crippen LogP contribution in [0.5, 0.6) is 0 Å². The van der Waals surface area contributed by atoms with Crippen LogP contribution in [0.4, 0.5) is 11.4 Å². The average Bonchev–Trinajstić information content (AvgIpc) is 3.00. The van der Waals surface area contributed by atoms with E-state index < -0.39 is 0 Å². The Kier molecular flexibility index (Phi) is 4.86. The van der Waals surface area contributed by atoms with Crippen LogP contribution in [-0.2, 0) is 10.2 Å². The summed E-state index contributed by atoms with van der Waals surface area (Å²) >= 11 is 0. The molecule has 0 aromatic heterocycles. The molecule has 26 heavy (non-hydrogen) atoms. The highest BCUT2D eigenvalue weighted by atomic mass is 16.2. The van der Waals surface area contributed by atoms with Gasteiger partial charge in [-0.05, 0) is 60.2 Å². The van der Waals surface area contributed by atoms with Crippen LogP contribution in [0.25, 0.3) is 0 Å². The smallest absolute Gasteiger partial charge is 0.255 e. The number of hydrogen-bond acceptors (Lipinski definition) is 2. The molecule has 1 saturated heterocycles. The number of amides is 2. The van der Waals surface area contributed by atoms with Crippen molar-refractivity contribution in [3.8, 4) is 0 Å². The second kappa shape index (κ2) is 6.94. The van der Waals surface area contributed by atoms with Gasteiger partial charge in [-0.15, -0.1) is 0 Å². The van der Waals surface area contributed by atoms with Gasteiger partial charge >= 0.3 is 0 Å². The lowest BCUT2D eigenvalue weighted by atomic mass is 9.87. The van der Waals surface area contributed by atoms with Gasteiger partial charge in [0, 0.05) is 29.9 Å². The minimum Gasteiger partial charge on any atom is -0.322 e. The summed E-state index contributed by atoms with van der Waals surface area (Å²) in [5.74, 6) is 0.0404. The zero-order valence-corrected chi connectivity index (χ0v) is 15.9. The molecule has 2 aromatic carbocycles. The molecule has 1 heterocycles. The monoisotopic (exact) mass is 350 g/mol. The number of nitrogens with one attached hydrogen (secondary N) is 1. The van der Waals surface area contributed by atoms with E-state index in [1.165, 1.54) is 5.56 Å². The van der Waals surface area contributed by atoms with E-state index in [0.29, 0.717) is 12.0 Å². The van der Waals surface area contributed by atoms with Crippen molar-refractivity contribution in [2.75, 3.05) is 16.8 Å². The third kappa shape index (κ3) is 3.79. The van der Waals surface area contributed by atoms with E-state index in [1.54, 1.807) is 0 Å². The summed E-state index contributed by atoms with van der Waals surface area (Å²) in [5, 5.41) is 2.94. The minimum absolute atomic E-state index is 0.0644. The van der Waals surface area contributed by atoms with Gasteiger partial charge in [0.15, 0.2) is 0 Å². The maximum absolute atomic E-state index is 12.5. The summed E-state index contributed by atoms with van der Waals surface area (Å²) in [4.78, 5) is 26.3. The quantitative estimate of drug-likeness (QED) is 0.874. The molecule has 3 rings (SSSR count). The topological polar surface area (TPSA) is 49.4 Å². The van der Waals surface area contributed by atoms with E-state index in [-0.39, 0.29) is 17.2 Å². The maximum Gasteiger partial charge on any atom is 0.255 e. The number of benzene rings is 2. The third-order valence-corrected chi connectivity index (χ3v) is 4.83. The van der Waals surface area contributed by atoms with Crippen molar-refractivity contribution in [3.63, 3.8) is 0 Å². The van der Waals surface area contributed by atoms with Gasteiger partial charge in [-0.1, -0.05) is 32.9 Å². The Balaban J connectivity index is 1.73. The number of anilines is 2. The Labute approximate surface area is 155 Å². The number of rotatable bonds is 3. The summed E-state index contributed by atoms with van der Waals surface area (Å²) in [5.41, 5.74) is 4.55. The molecular weight excluding hydrogens is 324 g/mol. The van der Waals surface area contributed by atoms with Crippen LogP contribution in [0.15, 0.2) is 42.5 Å². The third-order valence-electron chi connectivity index (χ3n) is 4.83. The van der Waals surface area contributed by atoms with E-state index in [1.807, 2.05) is 54.3 Å². The molecule has 0 saturated carbocycles. The van der Waals surface area contributed by atoms with E-state index in [4.69, 9.17) is 0 Å². The molecule has 2 aromatic rings. The zero-order chi connectivity index (χ0) is 18.9. The number of hydrogen-bond donors (Lipinski definition) is 1. The van der Waals surface area contributed by atoms with Crippen molar-refractivity contribution in [2.24, 2.45) is 0 Å². The fourth-order valence-electron chi connectivity index (χ4n) is 3.26. The number of nitrogens with zero attached hydrogens (tertiary/aromatic N) is 1. The van der Waals surface area contributed by atoms with Crippen LogP contribution in [0.1, 0.15) is 55.1 Å². The van der Waals surface area contributed by atoms with Gasteiger partial charge in [0.05, 0.1) is 0 Å². The number of aryl methyl sites for hydroxylation is 1. The first kappa shape index (κ1) is 18.2. The van der Waals surface area contributed by atoms with Crippen molar-refractivity contribution in [1.82, 2.24) is 0 Å². The predicted molar refractivity (Wildman–Crippen MR) is 106 cm³/mol. The summed E-state index contributed by atoms with van der Waals surface area (Å²) in [7, 11) is 0. The molecule has 2 amide bonds. The zero-order valence-electron chi connectivity index (χ0n) is 15.9. The molecule has 4 heteroatoms. The molecule has 136 valence electrons. The molecule has 1 fully saturated rings. The van der Waals surface area contributed by atoms with Gasteiger partial charge in [-0.25, -0.2) is 0 Å². The molecule has 1 aliphatic heterocycles. The minimum atomic E-state index is -0.130. The summed E-state index contributed by atoms with van der Waals surface area (Å²) in [6.45, 7) is 9.19. The Bertz CT molecular complexity index is 832. The second-order valence-electron chi connectivity index (χ2n) is 7.93. The van der Waals surface area contributed by atoms with Crippen LogP contribution in [0.2, 0.25) is 0 Å².